The lowest BCUT2D eigenvalue weighted by Crippen LogP contribution is -2.42. The largest absolute Gasteiger partial charge is 0.459 e. The first-order chi connectivity index (χ1) is 10.1. The molecule has 6 atom stereocenters. The Morgan fingerprint density at radius 2 is 1.90 bits per heavy atom. The van der Waals surface area contributed by atoms with Crippen LogP contribution in [0.2, 0.25) is 0 Å². The fourth-order valence-corrected chi connectivity index (χ4v) is 5.61. The number of carbonyl (C=O) groups excluding carboxylic acids is 1. The van der Waals surface area contributed by atoms with Gasteiger partial charge in [-0.15, -0.1) is 0 Å². The summed E-state index contributed by atoms with van der Waals surface area (Å²) in [6, 6.07) is 0. The van der Waals surface area contributed by atoms with Crippen molar-refractivity contribution >= 4 is 5.97 Å². The Kier molecular flexibility index (Phi) is 4.34. The first kappa shape index (κ1) is 15.4. The molecule has 0 aromatic heterocycles. The van der Waals surface area contributed by atoms with Crippen LogP contribution in [0.15, 0.2) is 0 Å². The van der Waals surface area contributed by atoms with Crippen LogP contribution < -0.4 is 0 Å². The second-order valence-corrected chi connectivity index (χ2v) is 7.94. The highest BCUT2D eigenvalue weighted by molar-refractivity contribution is 5.74. The molecule has 0 spiro atoms. The second kappa shape index (κ2) is 5.93. The Balaban J connectivity index is 1.68. The molecule has 3 fully saturated rings. The molecule has 0 heterocycles. The number of fused-ring (bicyclic) bond motifs is 2. The van der Waals surface area contributed by atoms with Gasteiger partial charge < -0.3 is 4.74 Å². The zero-order valence-electron chi connectivity index (χ0n) is 14.1. The van der Waals surface area contributed by atoms with E-state index in [-0.39, 0.29) is 17.5 Å². The van der Waals surface area contributed by atoms with E-state index in [4.69, 9.17) is 4.74 Å². The number of ether oxygens (including phenoxy) is 1. The van der Waals surface area contributed by atoms with Crippen molar-refractivity contribution in [2.24, 2.45) is 29.6 Å². The molecule has 6 unspecified atom stereocenters. The highest BCUT2D eigenvalue weighted by atomic mass is 16.6. The molecule has 3 saturated carbocycles. The molecule has 2 nitrogen and oxygen atoms in total. The Morgan fingerprint density at radius 3 is 2.43 bits per heavy atom. The molecule has 120 valence electrons. The van der Waals surface area contributed by atoms with E-state index < -0.39 is 0 Å². The van der Waals surface area contributed by atoms with Crippen LogP contribution in [0.4, 0.5) is 0 Å². The molecule has 2 bridgehead atoms. The van der Waals surface area contributed by atoms with Crippen LogP contribution in [0.25, 0.3) is 0 Å². The van der Waals surface area contributed by atoms with Gasteiger partial charge in [0.2, 0.25) is 0 Å². The van der Waals surface area contributed by atoms with E-state index in [1.807, 2.05) is 0 Å². The predicted molar refractivity (Wildman–Crippen MR) is 84.8 cm³/mol. The minimum absolute atomic E-state index is 0.0947. The average molecular weight is 292 g/mol. The number of esters is 1. The van der Waals surface area contributed by atoms with Crippen molar-refractivity contribution in [1.82, 2.24) is 0 Å². The highest BCUT2D eigenvalue weighted by Crippen LogP contribution is 2.54. The topological polar surface area (TPSA) is 26.3 Å². The summed E-state index contributed by atoms with van der Waals surface area (Å²) < 4.78 is 6.25. The molecule has 0 N–H and O–H groups in total. The van der Waals surface area contributed by atoms with E-state index in [0.29, 0.717) is 11.8 Å². The molecule has 0 amide bonds. The molecule has 0 aromatic carbocycles. The van der Waals surface area contributed by atoms with Gasteiger partial charge in [0.05, 0.1) is 5.92 Å². The fraction of sp³-hybridized carbons (Fsp3) is 0.947. The van der Waals surface area contributed by atoms with Gasteiger partial charge in [0, 0.05) is 0 Å². The van der Waals surface area contributed by atoms with Crippen molar-refractivity contribution < 1.29 is 9.53 Å². The molecule has 0 saturated heterocycles. The number of hydrogen-bond donors (Lipinski definition) is 0. The molecule has 3 rings (SSSR count). The molecule has 0 aromatic rings. The molecule has 3 aliphatic rings. The van der Waals surface area contributed by atoms with E-state index in [1.165, 1.54) is 32.1 Å². The third-order valence-electron chi connectivity index (χ3n) is 7.02. The summed E-state index contributed by atoms with van der Waals surface area (Å²) in [5.41, 5.74) is -0.0947. The second-order valence-electron chi connectivity index (χ2n) is 7.94. The molecule has 21 heavy (non-hydrogen) atoms. The predicted octanol–water partition coefficient (Wildman–Crippen LogP) is 4.96. The van der Waals surface area contributed by atoms with Gasteiger partial charge in [0.1, 0.15) is 5.60 Å². The minimum atomic E-state index is -0.0947. The maximum atomic E-state index is 12.9. The summed E-state index contributed by atoms with van der Waals surface area (Å²) in [5.74, 6) is 3.12. The SMILES string of the molecule is CCC1CC(CC)C(C(=O)OC2(CC)CC3CCC2C3)C1. The quantitative estimate of drug-likeness (QED) is 0.669. The maximum absolute atomic E-state index is 12.9. The van der Waals surface area contributed by atoms with Crippen molar-refractivity contribution in [3.8, 4) is 0 Å². The monoisotopic (exact) mass is 292 g/mol. The highest BCUT2D eigenvalue weighted by Gasteiger charge is 2.53. The smallest absolute Gasteiger partial charge is 0.309 e. The Labute approximate surface area is 130 Å². The lowest BCUT2D eigenvalue weighted by atomic mass is 9.81. The Bertz CT molecular complexity index is 391. The van der Waals surface area contributed by atoms with Crippen LogP contribution in [0.3, 0.4) is 0 Å². The first-order valence-electron chi connectivity index (χ1n) is 9.34. The van der Waals surface area contributed by atoms with Gasteiger partial charge in [0.25, 0.3) is 0 Å². The van der Waals surface area contributed by atoms with E-state index >= 15 is 0 Å². The fourth-order valence-electron chi connectivity index (χ4n) is 5.61. The average Bonchev–Trinajstić information content (AvgIpc) is 3.20. The van der Waals surface area contributed by atoms with Crippen molar-refractivity contribution in [3.63, 3.8) is 0 Å². The number of rotatable bonds is 5. The van der Waals surface area contributed by atoms with Gasteiger partial charge in [0.15, 0.2) is 0 Å². The Hall–Kier alpha value is -0.530. The van der Waals surface area contributed by atoms with Crippen LogP contribution >= 0.6 is 0 Å². The van der Waals surface area contributed by atoms with Gasteiger partial charge in [-0.3, -0.25) is 4.79 Å². The van der Waals surface area contributed by atoms with Gasteiger partial charge in [-0.05, 0) is 68.6 Å². The minimum Gasteiger partial charge on any atom is -0.459 e. The van der Waals surface area contributed by atoms with Crippen LogP contribution in [-0.4, -0.2) is 11.6 Å². The number of hydrogen-bond acceptors (Lipinski definition) is 2. The van der Waals surface area contributed by atoms with Crippen LogP contribution in [0.5, 0.6) is 0 Å². The van der Waals surface area contributed by atoms with Gasteiger partial charge in [-0.2, -0.15) is 0 Å². The summed E-state index contributed by atoms with van der Waals surface area (Å²) in [6.45, 7) is 6.71. The van der Waals surface area contributed by atoms with Crippen LogP contribution in [-0.2, 0) is 9.53 Å². The van der Waals surface area contributed by atoms with E-state index in [9.17, 15) is 4.79 Å². The lowest BCUT2D eigenvalue weighted by Gasteiger charge is -2.37. The summed E-state index contributed by atoms with van der Waals surface area (Å²) in [7, 11) is 0. The number of carbonyl (C=O) groups is 1. The van der Waals surface area contributed by atoms with Gasteiger partial charge >= 0.3 is 5.97 Å². The third kappa shape index (κ3) is 2.64. The summed E-state index contributed by atoms with van der Waals surface area (Å²) in [6.07, 6.45) is 10.8. The first-order valence-corrected chi connectivity index (χ1v) is 9.34. The van der Waals surface area contributed by atoms with E-state index in [1.54, 1.807) is 0 Å². The van der Waals surface area contributed by atoms with Gasteiger partial charge in [-0.25, -0.2) is 0 Å². The molecular formula is C19H32O2. The van der Waals surface area contributed by atoms with E-state index in [0.717, 1.165) is 37.5 Å². The zero-order valence-corrected chi connectivity index (χ0v) is 14.1. The van der Waals surface area contributed by atoms with Crippen molar-refractivity contribution in [2.45, 2.75) is 84.2 Å². The molecular weight excluding hydrogens is 260 g/mol. The van der Waals surface area contributed by atoms with Crippen molar-refractivity contribution in [1.29, 1.82) is 0 Å². The molecule has 3 aliphatic carbocycles. The molecule has 0 radical (unpaired) electrons. The van der Waals surface area contributed by atoms with Crippen LogP contribution in [0, 0.1) is 29.6 Å². The normalized spacial score (nSPS) is 45.2. The Morgan fingerprint density at radius 1 is 1.10 bits per heavy atom. The summed E-state index contributed by atoms with van der Waals surface area (Å²) in [5, 5.41) is 0. The summed E-state index contributed by atoms with van der Waals surface area (Å²) in [4.78, 5) is 12.9. The van der Waals surface area contributed by atoms with Gasteiger partial charge in [-0.1, -0.05) is 33.6 Å². The summed E-state index contributed by atoms with van der Waals surface area (Å²) >= 11 is 0. The zero-order chi connectivity index (χ0) is 15.0. The third-order valence-corrected chi connectivity index (χ3v) is 7.02. The van der Waals surface area contributed by atoms with Crippen molar-refractivity contribution in [2.75, 3.05) is 0 Å². The standard InChI is InChI=1S/C19H32O2/c1-4-13-9-15(5-2)17(11-13)18(20)21-19(6-3)12-14-7-8-16(19)10-14/h13-17H,4-12H2,1-3H3. The van der Waals surface area contributed by atoms with Crippen molar-refractivity contribution in [3.05, 3.63) is 0 Å². The van der Waals surface area contributed by atoms with E-state index in [2.05, 4.69) is 20.8 Å². The van der Waals surface area contributed by atoms with Crippen LogP contribution in [0.1, 0.15) is 78.6 Å². The maximum Gasteiger partial charge on any atom is 0.309 e. The molecule has 2 heteroatoms. The molecule has 0 aliphatic heterocycles. The lowest BCUT2D eigenvalue weighted by molar-refractivity contribution is -0.173.